The second-order valence-electron chi connectivity index (χ2n) is 3.60. The van der Waals surface area contributed by atoms with Gasteiger partial charge in [0.2, 0.25) is 10.5 Å². The Hall–Kier alpha value is -1.46. The van der Waals surface area contributed by atoms with Gasteiger partial charge in [0.1, 0.15) is 0 Å². The maximum Gasteiger partial charge on any atom is 0.269 e. The number of carbonyl (C=O) groups is 2. The molecular formula is C11H9Cl2NO4. The Morgan fingerprint density at radius 2 is 1.78 bits per heavy atom. The van der Waals surface area contributed by atoms with Gasteiger partial charge in [-0.2, -0.15) is 0 Å². The van der Waals surface area contributed by atoms with E-state index in [0.29, 0.717) is 5.56 Å². The molecular weight excluding hydrogens is 281 g/mol. The van der Waals surface area contributed by atoms with E-state index in [0.717, 1.165) is 0 Å². The Kier molecular flexibility index (Phi) is 5.25. The molecule has 5 nitrogen and oxygen atoms in total. The average Bonchev–Trinajstić information content (AvgIpc) is 2.29. The molecule has 0 heterocycles. The van der Waals surface area contributed by atoms with E-state index in [1.54, 1.807) is 0 Å². The fraction of sp³-hybridized carbons (Fsp3) is 0.273. The summed E-state index contributed by atoms with van der Waals surface area (Å²) >= 11 is 10.6. The van der Waals surface area contributed by atoms with Gasteiger partial charge in [0.15, 0.2) is 0 Å². The number of hydrogen-bond acceptors (Lipinski definition) is 4. The minimum atomic E-state index is -0.685. The molecule has 1 rings (SSSR count). The molecule has 96 valence electrons. The lowest BCUT2D eigenvalue weighted by Gasteiger charge is -2.11. The Labute approximate surface area is 113 Å². The van der Waals surface area contributed by atoms with Crippen LogP contribution in [-0.4, -0.2) is 15.4 Å². The number of nitro groups is 1. The van der Waals surface area contributed by atoms with Crippen LogP contribution in [0.15, 0.2) is 24.3 Å². The first-order valence-electron chi connectivity index (χ1n) is 5.04. The first kappa shape index (κ1) is 14.6. The number of carbonyl (C=O) groups excluding carboxylic acids is 2. The number of nitro benzene ring substituents is 1. The highest BCUT2D eigenvalue weighted by Gasteiger charge is 2.20. The van der Waals surface area contributed by atoms with Crippen molar-refractivity contribution in [3.05, 3.63) is 39.9 Å². The summed E-state index contributed by atoms with van der Waals surface area (Å²) in [5.74, 6) is -0.685. The molecule has 18 heavy (non-hydrogen) atoms. The zero-order valence-corrected chi connectivity index (χ0v) is 10.6. The van der Waals surface area contributed by atoms with Crippen molar-refractivity contribution >= 4 is 39.4 Å². The fourth-order valence-electron chi connectivity index (χ4n) is 1.50. The van der Waals surface area contributed by atoms with Crippen LogP contribution in [0.2, 0.25) is 0 Å². The van der Waals surface area contributed by atoms with Gasteiger partial charge in [-0.25, -0.2) is 0 Å². The van der Waals surface area contributed by atoms with Crippen LogP contribution in [0.1, 0.15) is 24.3 Å². The summed E-state index contributed by atoms with van der Waals surface area (Å²) in [6.45, 7) is 0. The molecule has 0 aliphatic heterocycles. The lowest BCUT2D eigenvalue weighted by Crippen LogP contribution is -2.08. The Morgan fingerprint density at radius 1 is 1.22 bits per heavy atom. The first-order chi connectivity index (χ1) is 8.41. The second-order valence-corrected chi connectivity index (χ2v) is 4.39. The van der Waals surface area contributed by atoms with Gasteiger partial charge in [0.05, 0.1) is 10.8 Å². The molecule has 0 aliphatic rings. The smallest absolute Gasteiger partial charge is 0.269 e. The van der Waals surface area contributed by atoms with Crippen molar-refractivity contribution < 1.29 is 14.5 Å². The number of non-ortho nitro benzene ring substituents is 1. The maximum absolute atomic E-state index is 11.3. The quantitative estimate of drug-likeness (QED) is 0.458. The predicted octanol–water partition coefficient (Wildman–Crippen LogP) is 2.99. The molecule has 1 atom stereocenters. The maximum atomic E-state index is 11.3. The van der Waals surface area contributed by atoms with Gasteiger partial charge in [-0.1, -0.05) is 12.1 Å². The summed E-state index contributed by atoms with van der Waals surface area (Å²) in [7, 11) is 0. The van der Waals surface area contributed by atoms with E-state index >= 15 is 0 Å². The summed E-state index contributed by atoms with van der Waals surface area (Å²) in [4.78, 5) is 31.9. The molecule has 1 aromatic rings. The van der Waals surface area contributed by atoms with E-state index < -0.39 is 21.3 Å². The van der Waals surface area contributed by atoms with E-state index in [1.807, 2.05) is 0 Å². The molecule has 1 unspecified atom stereocenters. The van der Waals surface area contributed by atoms with Crippen molar-refractivity contribution in [2.45, 2.75) is 18.8 Å². The van der Waals surface area contributed by atoms with E-state index in [9.17, 15) is 19.7 Å². The van der Waals surface area contributed by atoms with Crippen LogP contribution in [0.25, 0.3) is 0 Å². The predicted molar refractivity (Wildman–Crippen MR) is 66.8 cm³/mol. The summed E-state index contributed by atoms with van der Waals surface area (Å²) in [5, 5.41) is 9.30. The molecule has 0 saturated heterocycles. The normalized spacial score (nSPS) is 11.9. The Balaban J connectivity index is 2.89. The Bertz CT molecular complexity index is 472. The number of hydrogen-bond donors (Lipinski definition) is 0. The van der Waals surface area contributed by atoms with Crippen molar-refractivity contribution in [2.24, 2.45) is 0 Å². The van der Waals surface area contributed by atoms with Crippen molar-refractivity contribution in [3.8, 4) is 0 Å². The van der Waals surface area contributed by atoms with E-state index in [1.165, 1.54) is 24.3 Å². The van der Waals surface area contributed by atoms with Crippen molar-refractivity contribution in [1.29, 1.82) is 0 Å². The van der Waals surface area contributed by atoms with Crippen LogP contribution < -0.4 is 0 Å². The zero-order valence-electron chi connectivity index (χ0n) is 9.14. The zero-order chi connectivity index (χ0) is 13.7. The van der Waals surface area contributed by atoms with Crippen molar-refractivity contribution in [3.63, 3.8) is 0 Å². The molecule has 0 aromatic heterocycles. The third-order valence-electron chi connectivity index (χ3n) is 2.41. The van der Waals surface area contributed by atoms with Crippen molar-refractivity contribution in [1.82, 2.24) is 0 Å². The minimum Gasteiger partial charge on any atom is -0.281 e. The number of halogens is 2. The molecule has 0 amide bonds. The fourth-order valence-corrected chi connectivity index (χ4v) is 1.84. The molecule has 0 fully saturated rings. The lowest BCUT2D eigenvalue weighted by molar-refractivity contribution is -0.384. The second kappa shape index (κ2) is 6.47. The molecule has 0 bridgehead atoms. The van der Waals surface area contributed by atoms with Gasteiger partial charge >= 0.3 is 0 Å². The standard InChI is InChI=1S/C11H9Cl2NO4/c12-10(15)6-5-9(11(13)16)7-1-3-8(4-2-7)14(17)18/h1-4,9H,5-6H2. The average molecular weight is 290 g/mol. The van der Waals surface area contributed by atoms with E-state index in [2.05, 4.69) is 0 Å². The minimum absolute atomic E-state index is 0.0155. The highest BCUT2D eigenvalue weighted by Crippen LogP contribution is 2.26. The van der Waals surface area contributed by atoms with Crippen LogP contribution in [0.5, 0.6) is 0 Å². The summed E-state index contributed by atoms with van der Waals surface area (Å²) in [6, 6.07) is 5.46. The summed E-state index contributed by atoms with van der Waals surface area (Å²) < 4.78 is 0. The van der Waals surface area contributed by atoms with Crippen LogP contribution in [0.3, 0.4) is 0 Å². The van der Waals surface area contributed by atoms with Crippen molar-refractivity contribution in [2.75, 3.05) is 0 Å². The van der Waals surface area contributed by atoms with Gasteiger partial charge in [-0.05, 0) is 35.2 Å². The highest BCUT2D eigenvalue weighted by molar-refractivity contribution is 6.65. The summed E-state index contributed by atoms with van der Waals surface area (Å²) in [5.41, 5.74) is 0.450. The molecule has 0 aliphatic carbocycles. The molecule has 0 saturated carbocycles. The Morgan fingerprint density at radius 3 is 2.17 bits per heavy atom. The van der Waals surface area contributed by atoms with Gasteiger partial charge in [0, 0.05) is 18.6 Å². The largest absolute Gasteiger partial charge is 0.281 e. The topological polar surface area (TPSA) is 77.3 Å². The third kappa shape index (κ3) is 4.09. The van der Waals surface area contributed by atoms with Gasteiger partial charge < -0.3 is 0 Å². The first-order valence-corrected chi connectivity index (χ1v) is 5.79. The van der Waals surface area contributed by atoms with E-state index in [4.69, 9.17) is 23.2 Å². The van der Waals surface area contributed by atoms with E-state index in [-0.39, 0.29) is 18.5 Å². The third-order valence-corrected chi connectivity index (χ3v) is 2.86. The lowest BCUT2D eigenvalue weighted by atomic mass is 9.95. The molecule has 0 N–H and O–H groups in total. The molecule has 7 heteroatoms. The molecule has 0 radical (unpaired) electrons. The van der Waals surface area contributed by atoms with Gasteiger partial charge in [-0.15, -0.1) is 0 Å². The monoisotopic (exact) mass is 289 g/mol. The van der Waals surface area contributed by atoms with Crippen LogP contribution in [-0.2, 0) is 9.59 Å². The van der Waals surface area contributed by atoms with Gasteiger partial charge in [-0.3, -0.25) is 19.7 Å². The van der Waals surface area contributed by atoms with Crippen LogP contribution in [0.4, 0.5) is 5.69 Å². The van der Waals surface area contributed by atoms with Crippen LogP contribution >= 0.6 is 23.2 Å². The number of benzene rings is 1. The highest BCUT2D eigenvalue weighted by atomic mass is 35.5. The number of nitrogens with zero attached hydrogens (tertiary/aromatic N) is 1. The van der Waals surface area contributed by atoms with Crippen LogP contribution in [0, 0.1) is 10.1 Å². The SMILES string of the molecule is O=C(Cl)CCC(C(=O)Cl)c1ccc([N+](=O)[O-])cc1. The van der Waals surface area contributed by atoms with Gasteiger partial charge in [0.25, 0.3) is 5.69 Å². The summed E-state index contributed by atoms with van der Waals surface area (Å²) in [6.07, 6.45) is 0.199. The number of rotatable bonds is 6. The molecule has 1 aromatic carbocycles. The molecule has 0 spiro atoms.